The highest BCUT2D eigenvalue weighted by atomic mass is 127. The summed E-state index contributed by atoms with van der Waals surface area (Å²) in [5, 5.41) is 10.3. The van der Waals surface area contributed by atoms with Crippen LogP contribution in [0.2, 0.25) is 0 Å². The molecule has 2 nitrogen and oxygen atoms in total. The highest BCUT2D eigenvalue weighted by Gasteiger charge is 2.12. The quantitative estimate of drug-likeness (QED) is 0.673. The topological polar surface area (TPSA) is 29.5 Å². The van der Waals surface area contributed by atoms with Gasteiger partial charge in [-0.15, -0.1) is 0 Å². The molecule has 0 fully saturated rings. The standard InChI is InChI=1S/C16H16BrIO2/c1-20-13-6-2-11(3-7-13)4-9-16(19)14-10-12(18)5-8-15(14)17/h2-3,5-8,10,16,19H,4,9H2,1H3. The molecule has 1 atom stereocenters. The normalized spacial score (nSPS) is 12.2. The van der Waals surface area contributed by atoms with Crippen molar-refractivity contribution >= 4 is 38.5 Å². The molecule has 0 aromatic heterocycles. The van der Waals surface area contributed by atoms with Crippen LogP contribution in [0.3, 0.4) is 0 Å². The predicted octanol–water partition coefficient (Wildman–Crippen LogP) is 4.73. The summed E-state index contributed by atoms with van der Waals surface area (Å²) in [6.07, 6.45) is 1.08. The zero-order chi connectivity index (χ0) is 14.5. The van der Waals surface area contributed by atoms with Gasteiger partial charge in [0.1, 0.15) is 5.75 Å². The van der Waals surface area contributed by atoms with Crippen LogP contribution in [0, 0.1) is 3.57 Å². The lowest BCUT2D eigenvalue weighted by Gasteiger charge is -2.13. The minimum atomic E-state index is -0.457. The molecule has 2 rings (SSSR count). The van der Waals surface area contributed by atoms with Crippen molar-refractivity contribution in [2.45, 2.75) is 18.9 Å². The van der Waals surface area contributed by atoms with Gasteiger partial charge < -0.3 is 9.84 Å². The van der Waals surface area contributed by atoms with Crippen LogP contribution in [0.15, 0.2) is 46.9 Å². The average molecular weight is 447 g/mol. The Hall–Kier alpha value is -0.590. The number of aliphatic hydroxyl groups excluding tert-OH is 1. The maximum absolute atomic E-state index is 10.3. The number of aryl methyl sites for hydroxylation is 1. The summed E-state index contributed by atoms with van der Waals surface area (Å²) in [6.45, 7) is 0. The lowest BCUT2D eigenvalue weighted by Crippen LogP contribution is -2.01. The number of benzene rings is 2. The molecule has 2 aromatic carbocycles. The summed E-state index contributed by atoms with van der Waals surface area (Å²) in [7, 11) is 1.66. The Bertz CT molecular complexity index is 569. The molecule has 0 aliphatic carbocycles. The Morgan fingerprint density at radius 1 is 1.20 bits per heavy atom. The number of methoxy groups -OCH3 is 1. The van der Waals surface area contributed by atoms with Gasteiger partial charge in [-0.3, -0.25) is 0 Å². The van der Waals surface area contributed by atoms with Gasteiger partial charge in [0.15, 0.2) is 0 Å². The molecule has 0 amide bonds. The van der Waals surface area contributed by atoms with Crippen LogP contribution in [0.4, 0.5) is 0 Å². The molecule has 0 heterocycles. The minimum absolute atomic E-state index is 0.457. The van der Waals surface area contributed by atoms with Crippen molar-refractivity contribution in [1.82, 2.24) is 0 Å². The molecular weight excluding hydrogens is 431 g/mol. The molecule has 0 aliphatic heterocycles. The molecule has 20 heavy (non-hydrogen) atoms. The SMILES string of the molecule is COc1ccc(CCC(O)c2cc(I)ccc2Br)cc1. The van der Waals surface area contributed by atoms with Crippen LogP contribution >= 0.6 is 38.5 Å². The van der Waals surface area contributed by atoms with E-state index in [1.165, 1.54) is 5.56 Å². The third-order valence-corrected chi connectivity index (χ3v) is 4.58. The second kappa shape index (κ2) is 7.43. The number of halogens is 2. The Balaban J connectivity index is 2.00. The van der Waals surface area contributed by atoms with E-state index >= 15 is 0 Å². The van der Waals surface area contributed by atoms with Crippen LogP contribution in [0.25, 0.3) is 0 Å². The monoisotopic (exact) mass is 446 g/mol. The molecule has 1 unspecified atom stereocenters. The van der Waals surface area contributed by atoms with E-state index in [4.69, 9.17) is 4.74 Å². The van der Waals surface area contributed by atoms with Crippen LogP contribution in [-0.2, 0) is 6.42 Å². The van der Waals surface area contributed by atoms with Crippen molar-refractivity contribution < 1.29 is 9.84 Å². The number of hydrogen-bond donors (Lipinski definition) is 1. The lowest BCUT2D eigenvalue weighted by atomic mass is 10.0. The maximum atomic E-state index is 10.3. The van der Waals surface area contributed by atoms with E-state index < -0.39 is 6.10 Å². The van der Waals surface area contributed by atoms with Gasteiger partial charge >= 0.3 is 0 Å². The highest BCUT2D eigenvalue weighted by molar-refractivity contribution is 14.1. The van der Waals surface area contributed by atoms with Crippen LogP contribution in [-0.4, -0.2) is 12.2 Å². The molecular formula is C16H16BrIO2. The summed E-state index contributed by atoms with van der Waals surface area (Å²) in [5.74, 6) is 0.856. The van der Waals surface area contributed by atoms with Gasteiger partial charge in [-0.25, -0.2) is 0 Å². The number of hydrogen-bond acceptors (Lipinski definition) is 2. The van der Waals surface area contributed by atoms with Gasteiger partial charge in [0.05, 0.1) is 13.2 Å². The first kappa shape index (κ1) is 15.8. The van der Waals surface area contributed by atoms with Crippen LogP contribution in [0.1, 0.15) is 23.7 Å². The van der Waals surface area contributed by atoms with Crippen molar-refractivity contribution in [3.63, 3.8) is 0 Å². The summed E-state index contributed by atoms with van der Waals surface area (Å²) in [5.41, 5.74) is 2.15. The predicted molar refractivity (Wildman–Crippen MR) is 93.1 cm³/mol. The fourth-order valence-corrected chi connectivity index (χ4v) is 3.05. The Morgan fingerprint density at radius 2 is 1.90 bits per heavy atom. The molecule has 0 radical (unpaired) electrons. The second-order valence-electron chi connectivity index (χ2n) is 4.57. The summed E-state index contributed by atoms with van der Waals surface area (Å²) >= 11 is 5.75. The third kappa shape index (κ3) is 4.20. The van der Waals surface area contributed by atoms with Crippen LogP contribution < -0.4 is 4.74 Å². The first-order chi connectivity index (χ1) is 9.60. The number of ether oxygens (including phenoxy) is 1. The molecule has 106 valence electrons. The molecule has 4 heteroatoms. The zero-order valence-electron chi connectivity index (χ0n) is 11.1. The molecule has 0 saturated heterocycles. The fourth-order valence-electron chi connectivity index (χ4n) is 2.02. The number of aliphatic hydroxyl groups is 1. The minimum Gasteiger partial charge on any atom is -0.497 e. The van der Waals surface area contributed by atoms with Gasteiger partial charge in [-0.05, 0) is 76.9 Å². The Labute approximate surface area is 141 Å². The van der Waals surface area contributed by atoms with Gasteiger partial charge in [0.25, 0.3) is 0 Å². The molecule has 0 spiro atoms. The van der Waals surface area contributed by atoms with Crippen molar-refractivity contribution in [2.24, 2.45) is 0 Å². The lowest BCUT2D eigenvalue weighted by molar-refractivity contribution is 0.167. The van der Waals surface area contributed by atoms with Gasteiger partial charge in [-0.1, -0.05) is 28.1 Å². The Morgan fingerprint density at radius 3 is 2.55 bits per heavy atom. The van der Waals surface area contributed by atoms with E-state index in [0.29, 0.717) is 6.42 Å². The summed E-state index contributed by atoms with van der Waals surface area (Å²) < 4.78 is 7.22. The van der Waals surface area contributed by atoms with E-state index in [1.807, 2.05) is 42.5 Å². The van der Waals surface area contributed by atoms with E-state index in [1.54, 1.807) is 7.11 Å². The molecule has 0 aliphatic rings. The molecule has 0 bridgehead atoms. The second-order valence-corrected chi connectivity index (χ2v) is 6.67. The fraction of sp³-hybridized carbons (Fsp3) is 0.250. The van der Waals surface area contributed by atoms with Crippen molar-refractivity contribution in [3.05, 3.63) is 61.6 Å². The van der Waals surface area contributed by atoms with E-state index in [2.05, 4.69) is 38.5 Å². The number of rotatable bonds is 5. The summed E-state index contributed by atoms with van der Waals surface area (Å²) in [4.78, 5) is 0. The summed E-state index contributed by atoms with van der Waals surface area (Å²) in [6, 6.07) is 14.0. The van der Waals surface area contributed by atoms with Crippen molar-refractivity contribution in [1.29, 1.82) is 0 Å². The smallest absolute Gasteiger partial charge is 0.118 e. The van der Waals surface area contributed by atoms with Crippen molar-refractivity contribution in [2.75, 3.05) is 7.11 Å². The average Bonchev–Trinajstić information content (AvgIpc) is 2.47. The van der Waals surface area contributed by atoms with Crippen LogP contribution in [0.5, 0.6) is 5.75 Å². The molecule has 2 aromatic rings. The highest BCUT2D eigenvalue weighted by Crippen LogP contribution is 2.28. The van der Waals surface area contributed by atoms with Gasteiger partial charge in [0.2, 0.25) is 0 Å². The first-order valence-corrected chi connectivity index (χ1v) is 8.23. The third-order valence-electron chi connectivity index (χ3n) is 3.18. The first-order valence-electron chi connectivity index (χ1n) is 6.36. The van der Waals surface area contributed by atoms with Gasteiger partial charge in [0, 0.05) is 8.04 Å². The van der Waals surface area contributed by atoms with E-state index in [9.17, 15) is 5.11 Å². The largest absolute Gasteiger partial charge is 0.497 e. The molecule has 1 N–H and O–H groups in total. The maximum Gasteiger partial charge on any atom is 0.118 e. The van der Waals surface area contributed by atoms with E-state index in [0.717, 1.165) is 25.8 Å². The molecule has 0 saturated carbocycles. The van der Waals surface area contributed by atoms with Gasteiger partial charge in [-0.2, -0.15) is 0 Å². The Kier molecular flexibility index (Phi) is 5.86. The van der Waals surface area contributed by atoms with Crippen molar-refractivity contribution in [3.8, 4) is 5.75 Å². The zero-order valence-corrected chi connectivity index (χ0v) is 14.9. The van der Waals surface area contributed by atoms with E-state index in [-0.39, 0.29) is 0 Å².